The molecule has 0 aliphatic carbocycles. The van der Waals surface area contributed by atoms with Gasteiger partial charge in [0.2, 0.25) is 5.91 Å². The maximum Gasteiger partial charge on any atom is 0.246 e. The molecule has 0 aliphatic heterocycles. The molecule has 1 aromatic heterocycles. The molecule has 140 valence electrons. The van der Waals surface area contributed by atoms with Crippen molar-refractivity contribution in [3.05, 3.63) is 59.1 Å². The van der Waals surface area contributed by atoms with Crippen LogP contribution in [0.1, 0.15) is 23.5 Å². The molecule has 0 saturated carbocycles. The minimum Gasteiger partial charge on any atom is -0.497 e. The van der Waals surface area contributed by atoms with Gasteiger partial charge in [0.25, 0.3) is 0 Å². The van der Waals surface area contributed by atoms with E-state index in [1.54, 1.807) is 55.7 Å². The Morgan fingerprint density at radius 3 is 2.44 bits per heavy atom. The van der Waals surface area contributed by atoms with Crippen LogP contribution in [0.5, 0.6) is 11.5 Å². The Labute approximate surface area is 162 Å². The third-order valence-corrected chi connectivity index (χ3v) is 5.60. The Morgan fingerprint density at radius 1 is 1.15 bits per heavy atom. The number of hydrogen-bond acceptors (Lipinski definition) is 5. The van der Waals surface area contributed by atoms with Gasteiger partial charge in [0.05, 0.1) is 30.5 Å². The highest BCUT2D eigenvalue weighted by molar-refractivity contribution is 7.18. The number of thiazole rings is 1. The second-order valence-electron chi connectivity index (χ2n) is 6.12. The van der Waals surface area contributed by atoms with Gasteiger partial charge in [-0.25, -0.2) is 4.98 Å². The van der Waals surface area contributed by atoms with Crippen LogP contribution in [-0.2, 0) is 4.79 Å². The van der Waals surface area contributed by atoms with Gasteiger partial charge in [-0.2, -0.15) is 0 Å². The van der Waals surface area contributed by atoms with Gasteiger partial charge in [-0.15, -0.1) is 11.3 Å². The van der Waals surface area contributed by atoms with Crippen molar-refractivity contribution in [1.82, 2.24) is 9.88 Å². The number of hydrogen-bond donors (Lipinski definition) is 0. The molecule has 1 heterocycles. The van der Waals surface area contributed by atoms with Gasteiger partial charge in [-0.05, 0) is 42.8 Å². The van der Waals surface area contributed by atoms with Crippen LogP contribution in [0, 0.1) is 0 Å². The second-order valence-corrected chi connectivity index (χ2v) is 7.19. The summed E-state index contributed by atoms with van der Waals surface area (Å²) in [6.45, 7) is 1.98. The Hall–Kier alpha value is -2.86. The van der Waals surface area contributed by atoms with Gasteiger partial charge in [0.15, 0.2) is 0 Å². The van der Waals surface area contributed by atoms with E-state index in [4.69, 9.17) is 9.47 Å². The van der Waals surface area contributed by atoms with Gasteiger partial charge in [0.1, 0.15) is 16.5 Å². The molecule has 0 spiro atoms. The minimum absolute atomic E-state index is 0.0939. The van der Waals surface area contributed by atoms with Crippen LogP contribution in [0.15, 0.2) is 48.5 Å². The summed E-state index contributed by atoms with van der Waals surface area (Å²) >= 11 is 1.61. The molecule has 0 radical (unpaired) electrons. The standard InChI is InChI=1S/C21H22N2O3S/c1-14(21-22-18-7-5-6-8-19(18)27-21)23(2)20(24)10-9-15-11-16(25-3)13-17(12-15)26-4/h5-14H,1-4H3/b10-9+/t14-/m1/s1. The van der Waals surface area contributed by atoms with Crippen molar-refractivity contribution in [2.75, 3.05) is 21.3 Å². The van der Waals surface area contributed by atoms with E-state index in [1.165, 1.54) is 0 Å². The average molecular weight is 382 g/mol. The first-order valence-corrected chi connectivity index (χ1v) is 9.37. The lowest BCUT2D eigenvalue weighted by molar-refractivity contribution is -0.126. The maximum atomic E-state index is 12.6. The Balaban J connectivity index is 1.75. The summed E-state index contributed by atoms with van der Waals surface area (Å²) in [5.74, 6) is 1.26. The van der Waals surface area contributed by atoms with Gasteiger partial charge >= 0.3 is 0 Å². The summed E-state index contributed by atoms with van der Waals surface area (Å²) in [5.41, 5.74) is 1.80. The number of benzene rings is 2. The number of methoxy groups -OCH3 is 2. The molecule has 0 fully saturated rings. The molecule has 0 unspecified atom stereocenters. The normalized spacial score (nSPS) is 12.3. The topological polar surface area (TPSA) is 51.7 Å². The number of carbonyl (C=O) groups is 1. The fourth-order valence-corrected chi connectivity index (χ4v) is 3.70. The van der Waals surface area contributed by atoms with Crippen LogP contribution in [0.4, 0.5) is 0 Å². The third kappa shape index (κ3) is 4.28. The molecule has 5 nitrogen and oxygen atoms in total. The molecule has 1 amide bonds. The van der Waals surface area contributed by atoms with Crippen molar-refractivity contribution in [1.29, 1.82) is 0 Å². The number of para-hydroxylation sites is 1. The molecule has 0 saturated heterocycles. The molecule has 27 heavy (non-hydrogen) atoms. The molecule has 0 aliphatic rings. The third-order valence-electron chi connectivity index (χ3n) is 4.39. The summed E-state index contributed by atoms with van der Waals surface area (Å²) in [7, 11) is 4.98. The Kier molecular flexibility index (Phi) is 5.76. The van der Waals surface area contributed by atoms with Crippen LogP contribution >= 0.6 is 11.3 Å². The number of carbonyl (C=O) groups excluding carboxylic acids is 1. The predicted octanol–water partition coefficient (Wildman–Crippen LogP) is 4.55. The molecule has 1 atom stereocenters. The maximum absolute atomic E-state index is 12.6. The van der Waals surface area contributed by atoms with Gasteiger partial charge in [-0.3, -0.25) is 4.79 Å². The fourth-order valence-electron chi connectivity index (χ4n) is 2.64. The largest absolute Gasteiger partial charge is 0.497 e. The number of likely N-dealkylation sites (N-methyl/N-ethyl adjacent to an activating group) is 1. The van der Waals surface area contributed by atoms with E-state index < -0.39 is 0 Å². The van der Waals surface area contributed by atoms with E-state index in [2.05, 4.69) is 4.98 Å². The number of aromatic nitrogens is 1. The number of amides is 1. The van der Waals surface area contributed by atoms with Crippen LogP contribution in [0.25, 0.3) is 16.3 Å². The molecule has 2 aromatic carbocycles. The highest BCUT2D eigenvalue weighted by Crippen LogP contribution is 2.29. The zero-order valence-corrected chi connectivity index (χ0v) is 16.6. The van der Waals surface area contributed by atoms with Crippen molar-refractivity contribution in [2.24, 2.45) is 0 Å². The quantitative estimate of drug-likeness (QED) is 0.587. The molecule has 3 rings (SSSR count). The van der Waals surface area contributed by atoms with E-state index in [9.17, 15) is 4.79 Å². The number of nitrogens with zero attached hydrogens (tertiary/aromatic N) is 2. The van der Waals surface area contributed by atoms with Gasteiger partial charge in [0, 0.05) is 19.2 Å². The molecule has 0 bridgehead atoms. The molecular formula is C21H22N2O3S. The number of fused-ring (bicyclic) bond motifs is 1. The van der Waals surface area contributed by atoms with E-state index in [0.29, 0.717) is 11.5 Å². The second kappa shape index (κ2) is 8.22. The summed E-state index contributed by atoms with van der Waals surface area (Å²) in [5, 5.41) is 0.920. The zero-order valence-electron chi connectivity index (χ0n) is 15.8. The van der Waals surface area contributed by atoms with Gasteiger partial charge < -0.3 is 14.4 Å². The number of rotatable bonds is 6. The molecule has 3 aromatic rings. The predicted molar refractivity (Wildman–Crippen MR) is 109 cm³/mol. The van der Waals surface area contributed by atoms with Crippen LogP contribution in [-0.4, -0.2) is 37.1 Å². The molecule has 6 heteroatoms. The van der Waals surface area contributed by atoms with Crippen molar-refractivity contribution in [2.45, 2.75) is 13.0 Å². The average Bonchev–Trinajstić information content (AvgIpc) is 3.14. The zero-order chi connectivity index (χ0) is 19.4. The van der Waals surface area contributed by atoms with Crippen molar-refractivity contribution >= 4 is 33.5 Å². The lowest BCUT2D eigenvalue weighted by Crippen LogP contribution is -2.27. The van der Waals surface area contributed by atoms with Crippen molar-refractivity contribution < 1.29 is 14.3 Å². The Morgan fingerprint density at radius 2 is 1.81 bits per heavy atom. The first-order chi connectivity index (χ1) is 13.0. The SMILES string of the molecule is COc1cc(/C=C/C(=O)N(C)[C@H](C)c2nc3ccccc3s2)cc(OC)c1. The van der Waals surface area contributed by atoms with Gasteiger partial charge in [-0.1, -0.05) is 12.1 Å². The van der Waals surface area contributed by atoms with E-state index in [1.807, 2.05) is 43.3 Å². The monoisotopic (exact) mass is 382 g/mol. The molecule has 0 N–H and O–H groups in total. The van der Waals surface area contributed by atoms with Crippen LogP contribution in [0.2, 0.25) is 0 Å². The van der Waals surface area contributed by atoms with Crippen molar-refractivity contribution in [3.63, 3.8) is 0 Å². The fraction of sp³-hybridized carbons (Fsp3) is 0.238. The lowest BCUT2D eigenvalue weighted by atomic mass is 10.2. The first kappa shape index (κ1) is 18.9. The summed E-state index contributed by atoms with van der Waals surface area (Å²) in [6, 6.07) is 13.4. The summed E-state index contributed by atoms with van der Waals surface area (Å²) in [6.07, 6.45) is 3.31. The Bertz CT molecular complexity index is 925. The van der Waals surface area contributed by atoms with E-state index >= 15 is 0 Å². The van der Waals surface area contributed by atoms with E-state index in [0.717, 1.165) is 20.8 Å². The molecular weight excluding hydrogens is 360 g/mol. The van der Waals surface area contributed by atoms with E-state index in [-0.39, 0.29) is 11.9 Å². The number of ether oxygens (including phenoxy) is 2. The highest BCUT2D eigenvalue weighted by atomic mass is 32.1. The van der Waals surface area contributed by atoms with Crippen molar-refractivity contribution in [3.8, 4) is 11.5 Å². The van der Waals surface area contributed by atoms with Crippen LogP contribution < -0.4 is 9.47 Å². The highest BCUT2D eigenvalue weighted by Gasteiger charge is 2.19. The lowest BCUT2D eigenvalue weighted by Gasteiger charge is -2.21. The smallest absolute Gasteiger partial charge is 0.246 e. The minimum atomic E-state index is -0.112. The first-order valence-electron chi connectivity index (χ1n) is 8.55. The summed E-state index contributed by atoms with van der Waals surface area (Å²) < 4.78 is 11.6. The van der Waals surface area contributed by atoms with Crippen LogP contribution in [0.3, 0.4) is 0 Å². The summed E-state index contributed by atoms with van der Waals surface area (Å²) in [4.78, 5) is 18.9.